The highest BCUT2D eigenvalue weighted by Crippen LogP contribution is 2.31. The van der Waals surface area contributed by atoms with Crippen LogP contribution in [0.15, 0.2) is 64.7 Å². The quantitative estimate of drug-likeness (QED) is 0.0347. The molecule has 1 N–H and O–H groups in total. The first-order valence-electron chi connectivity index (χ1n) is 24.3. The number of esters is 2. The fourth-order valence-electron chi connectivity index (χ4n) is 6.85. The van der Waals surface area contributed by atoms with Crippen molar-refractivity contribution >= 4 is 63.1 Å². The minimum absolute atomic E-state index is 0.0187. The summed E-state index contributed by atoms with van der Waals surface area (Å²) in [6.07, 6.45) is 20.9. The third-order valence-corrected chi connectivity index (χ3v) is 14.8. The number of hydrogen-bond acceptors (Lipinski definition) is 10. The van der Waals surface area contributed by atoms with E-state index in [0.717, 1.165) is 98.1 Å². The number of unbranched alkanes of at least 4 members (excludes halogenated alkanes) is 8. The number of carbonyl (C=O) groups is 3. The van der Waals surface area contributed by atoms with Crippen LogP contribution in [0.2, 0.25) is 0 Å². The molecule has 0 aromatic carbocycles. The van der Waals surface area contributed by atoms with Crippen molar-refractivity contribution in [1.82, 2.24) is 0 Å². The Balaban J connectivity index is 0.000000455. The predicted molar refractivity (Wildman–Crippen MR) is 274 cm³/mol. The molecule has 356 valence electrons. The molecule has 0 saturated carbocycles. The topological polar surface area (TPSA) is 89.9 Å². The van der Waals surface area contributed by atoms with Crippen LogP contribution in [0.25, 0.3) is 0 Å². The molecule has 0 bridgehead atoms. The summed E-state index contributed by atoms with van der Waals surface area (Å²) >= 11 is 6.53. The van der Waals surface area contributed by atoms with Crippen LogP contribution in [-0.4, -0.2) is 22.8 Å². The summed E-state index contributed by atoms with van der Waals surface area (Å²) in [6, 6.07) is 16.0. The Hall–Kier alpha value is -2.63. The van der Waals surface area contributed by atoms with Crippen LogP contribution in [0.1, 0.15) is 231 Å². The van der Waals surface area contributed by atoms with Gasteiger partial charge in [0.25, 0.3) is 0 Å². The van der Waals surface area contributed by atoms with Crippen LogP contribution < -0.4 is 0 Å². The van der Waals surface area contributed by atoms with E-state index in [9.17, 15) is 19.5 Å². The van der Waals surface area contributed by atoms with Crippen molar-refractivity contribution in [1.29, 1.82) is 0 Å². The van der Waals surface area contributed by atoms with E-state index in [0.29, 0.717) is 6.42 Å². The lowest BCUT2D eigenvalue weighted by atomic mass is 9.95. The van der Waals surface area contributed by atoms with Gasteiger partial charge in [0, 0.05) is 25.9 Å². The SMILES string of the molecule is CCC(=O)c1cccs1.CCC(O)c1cccs1.CCCCCCC(CCCC)C(=O)OC(CC)c1ccc(C)s1.CCCCCCC(CCCC)C(=O)OC(CC)c1cccs1. The highest BCUT2D eigenvalue weighted by atomic mass is 32.1. The molecule has 4 aromatic heterocycles. The molecule has 0 fully saturated rings. The zero-order valence-corrected chi connectivity index (χ0v) is 43.8. The van der Waals surface area contributed by atoms with Crippen molar-refractivity contribution < 1.29 is 29.0 Å². The monoisotopic (exact) mass is 945 g/mol. The molecule has 10 heteroatoms. The van der Waals surface area contributed by atoms with E-state index in [1.807, 2.05) is 60.3 Å². The second kappa shape index (κ2) is 37.6. The van der Waals surface area contributed by atoms with Gasteiger partial charge in [0.1, 0.15) is 12.2 Å². The summed E-state index contributed by atoms with van der Waals surface area (Å²) in [5, 5.41) is 15.2. The zero-order valence-electron chi connectivity index (χ0n) is 40.5. The Bertz CT molecular complexity index is 1650. The number of hydrogen-bond donors (Lipinski definition) is 1. The van der Waals surface area contributed by atoms with Crippen molar-refractivity contribution in [2.75, 3.05) is 0 Å². The van der Waals surface area contributed by atoms with Gasteiger partial charge >= 0.3 is 11.9 Å². The summed E-state index contributed by atoms with van der Waals surface area (Å²) in [5.74, 6) is 0.454. The van der Waals surface area contributed by atoms with Crippen molar-refractivity contribution in [3.05, 3.63) is 89.1 Å². The van der Waals surface area contributed by atoms with E-state index < -0.39 is 0 Å². The lowest BCUT2D eigenvalue weighted by Gasteiger charge is -2.20. The van der Waals surface area contributed by atoms with Crippen molar-refractivity contribution in [3.8, 4) is 0 Å². The zero-order chi connectivity index (χ0) is 46.7. The van der Waals surface area contributed by atoms with Crippen LogP contribution in [0, 0.1) is 18.8 Å². The molecule has 0 radical (unpaired) electrons. The van der Waals surface area contributed by atoms with Crippen LogP contribution >= 0.6 is 45.3 Å². The average molecular weight is 946 g/mol. The Morgan fingerprint density at radius 2 is 0.984 bits per heavy atom. The Labute approximate surface area is 399 Å². The molecule has 6 nitrogen and oxygen atoms in total. The second-order valence-corrected chi connectivity index (χ2v) is 20.4. The van der Waals surface area contributed by atoms with E-state index in [2.05, 4.69) is 66.7 Å². The minimum atomic E-state index is -0.245. The first kappa shape index (κ1) is 58.4. The summed E-state index contributed by atoms with van der Waals surface area (Å²) in [7, 11) is 0. The van der Waals surface area contributed by atoms with Gasteiger partial charge in [-0.25, -0.2) is 0 Å². The molecule has 5 atom stereocenters. The van der Waals surface area contributed by atoms with Crippen molar-refractivity contribution in [3.63, 3.8) is 0 Å². The normalized spacial score (nSPS) is 13.1. The largest absolute Gasteiger partial charge is 0.456 e. The van der Waals surface area contributed by atoms with Crippen LogP contribution in [-0.2, 0) is 19.1 Å². The van der Waals surface area contributed by atoms with E-state index in [4.69, 9.17) is 9.47 Å². The summed E-state index contributed by atoms with van der Waals surface area (Å²) < 4.78 is 11.7. The van der Waals surface area contributed by atoms with Crippen molar-refractivity contribution in [2.24, 2.45) is 11.8 Å². The van der Waals surface area contributed by atoms with Gasteiger partial charge in [0.05, 0.1) is 22.8 Å². The molecule has 0 aliphatic carbocycles. The first-order valence-corrected chi connectivity index (χ1v) is 27.8. The van der Waals surface area contributed by atoms with E-state index in [1.54, 1.807) is 34.0 Å². The van der Waals surface area contributed by atoms with E-state index in [-0.39, 0.29) is 47.9 Å². The van der Waals surface area contributed by atoms with Gasteiger partial charge in [0.15, 0.2) is 5.78 Å². The number of carbonyl (C=O) groups excluding carboxylic acids is 3. The fraction of sp³-hybridized carbons (Fsp3) is 0.642. The molecule has 5 unspecified atom stereocenters. The number of aliphatic hydroxyl groups is 1. The molecular formula is C53H84O6S4. The third-order valence-electron chi connectivity index (χ3n) is 10.9. The maximum Gasteiger partial charge on any atom is 0.309 e. The lowest BCUT2D eigenvalue weighted by Crippen LogP contribution is -2.20. The summed E-state index contributed by atoms with van der Waals surface area (Å²) in [6.45, 7) is 18.9. The number of aliphatic hydroxyl groups excluding tert-OH is 1. The van der Waals surface area contributed by atoms with Crippen molar-refractivity contribution in [2.45, 2.75) is 209 Å². The molecule has 0 aliphatic heterocycles. The van der Waals surface area contributed by atoms with E-state index in [1.165, 1.54) is 59.6 Å². The van der Waals surface area contributed by atoms with Crippen LogP contribution in [0.3, 0.4) is 0 Å². The Morgan fingerprint density at radius 1 is 0.524 bits per heavy atom. The standard InChI is InChI=1S/C20H34O2S.C19H32O2S.C7H10OS.C7H8OS/c1-5-8-10-11-13-17(12-9-6-2)20(21)22-18(7-3)19-15-14-16(4)23-19;1-4-7-9-10-13-16(12-8-5-2)19(20)21-17(6-3)18-14-11-15-22-18;2*1-2-6(8)7-4-3-5-9-7/h14-15,17-18H,5-13H2,1-4H3;11,14-17H,4-10,12-13H2,1-3H3;3-6,8H,2H2,1H3;3-5H,2H2,1H3. The van der Waals surface area contributed by atoms with Gasteiger partial charge in [-0.2, -0.15) is 0 Å². The van der Waals surface area contributed by atoms with Crippen LogP contribution in [0.5, 0.6) is 0 Å². The van der Waals surface area contributed by atoms with Gasteiger partial charge in [-0.05, 0) is 98.3 Å². The van der Waals surface area contributed by atoms with Crippen LogP contribution in [0.4, 0.5) is 0 Å². The number of thiophene rings is 4. The summed E-state index contributed by atoms with van der Waals surface area (Å²) in [5.41, 5.74) is 0. The molecule has 0 amide bonds. The van der Waals surface area contributed by atoms with Gasteiger partial charge in [-0.15, -0.1) is 45.3 Å². The average Bonchev–Trinajstić information content (AvgIpc) is 4.17. The van der Waals surface area contributed by atoms with Gasteiger partial charge in [-0.3, -0.25) is 14.4 Å². The third kappa shape index (κ3) is 25.6. The molecule has 4 rings (SSSR count). The molecule has 63 heavy (non-hydrogen) atoms. The smallest absolute Gasteiger partial charge is 0.309 e. The summed E-state index contributed by atoms with van der Waals surface area (Å²) in [4.78, 5) is 41.6. The fourth-order valence-corrected chi connectivity index (χ4v) is 10.2. The van der Waals surface area contributed by atoms with E-state index >= 15 is 0 Å². The number of Topliss-reactive ketones (excluding diaryl/α,β-unsaturated/α-hetero) is 1. The predicted octanol–water partition coefficient (Wildman–Crippen LogP) is 17.9. The highest BCUT2D eigenvalue weighted by Gasteiger charge is 2.25. The molecule has 4 aromatic rings. The van der Waals surface area contributed by atoms with Gasteiger partial charge < -0.3 is 14.6 Å². The number of ketones is 1. The lowest BCUT2D eigenvalue weighted by molar-refractivity contribution is -0.156. The number of aryl methyl sites for hydroxylation is 1. The molecule has 0 spiro atoms. The molecule has 0 saturated heterocycles. The number of rotatable bonds is 28. The molecule has 4 heterocycles. The Morgan fingerprint density at radius 3 is 1.37 bits per heavy atom. The second-order valence-electron chi connectivity index (χ2n) is 16.2. The van der Waals surface area contributed by atoms with Gasteiger partial charge in [-0.1, -0.05) is 151 Å². The minimum Gasteiger partial charge on any atom is -0.456 e. The first-order chi connectivity index (χ1) is 30.5. The van der Waals surface area contributed by atoms with Gasteiger partial charge in [0.2, 0.25) is 0 Å². The maximum atomic E-state index is 12.6. The number of ether oxygens (including phenoxy) is 2. The maximum absolute atomic E-state index is 12.6. The molecular weight excluding hydrogens is 861 g/mol. The molecule has 0 aliphatic rings. The Kier molecular flexibility index (Phi) is 34.8. The highest BCUT2D eigenvalue weighted by molar-refractivity contribution is 7.12.